The van der Waals surface area contributed by atoms with Crippen molar-refractivity contribution in [1.29, 1.82) is 0 Å². The van der Waals surface area contributed by atoms with E-state index in [-0.39, 0.29) is 17.3 Å². The fourth-order valence-electron chi connectivity index (χ4n) is 2.94. The molecule has 0 saturated carbocycles. The van der Waals surface area contributed by atoms with Crippen molar-refractivity contribution >= 4 is 23.3 Å². The van der Waals surface area contributed by atoms with Crippen LogP contribution in [0.4, 0.5) is 5.82 Å². The predicted molar refractivity (Wildman–Crippen MR) is 110 cm³/mol. The second-order valence-corrected chi connectivity index (χ2v) is 6.70. The number of hydrogen-bond acceptors (Lipinski definition) is 5. The van der Waals surface area contributed by atoms with Crippen LogP contribution in [0, 0.1) is 10.1 Å². The predicted octanol–water partition coefficient (Wildman–Crippen LogP) is 3.75. The van der Waals surface area contributed by atoms with Gasteiger partial charge < -0.3 is 15.4 Å². The first-order valence-electron chi connectivity index (χ1n) is 8.90. The van der Waals surface area contributed by atoms with Crippen LogP contribution in [-0.2, 0) is 6.54 Å². The highest BCUT2D eigenvalue weighted by Gasteiger charge is 2.25. The number of nitro groups is 1. The summed E-state index contributed by atoms with van der Waals surface area (Å²) >= 11 is 5.89. The number of para-hydroxylation sites is 1. The third kappa shape index (κ3) is 3.78. The molecule has 0 unspecified atom stereocenters. The summed E-state index contributed by atoms with van der Waals surface area (Å²) in [6, 6.07) is 19.2. The second kappa shape index (κ2) is 8.18. The van der Waals surface area contributed by atoms with E-state index in [1.807, 2.05) is 66.9 Å². The van der Waals surface area contributed by atoms with Crippen LogP contribution in [0.2, 0.25) is 5.02 Å². The number of amides is 1. The Hall–Kier alpha value is -3.98. The highest BCUT2D eigenvalue weighted by molar-refractivity contribution is 6.35. The molecule has 4 aromatic rings. The zero-order valence-corrected chi connectivity index (χ0v) is 16.2. The largest absolute Gasteiger partial charge is 0.362 e. The van der Waals surface area contributed by atoms with Crippen molar-refractivity contribution in [2.24, 2.45) is 0 Å². The first-order valence-corrected chi connectivity index (χ1v) is 9.28. The van der Waals surface area contributed by atoms with Crippen LogP contribution in [-0.4, -0.2) is 30.8 Å². The van der Waals surface area contributed by atoms with Crippen LogP contribution < -0.4 is 5.32 Å². The van der Waals surface area contributed by atoms with Crippen molar-refractivity contribution < 1.29 is 9.72 Å². The van der Waals surface area contributed by atoms with Crippen molar-refractivity contribution in [1.82, 2.24) is 25.3 Å². The molecule has 0 radical (unpaired) electrons. The summed E-state index contributed by atoms with van der Waals surface area (Å²) < 4.78 is 1.73. The first-order chi connectivity index (χ1) is 14.5. The quantitative estimate of drug-likeness (QED) is 0.362. The maximum atomic E-state index is 12.5. The van der Waals surface area contributed by atoms with Gasteiger partial charge in [0.25, 0.3) is 5.91 Å². The molecule has 30 heavy (non-hydrogen) atoms. The van der Waals surface area contributed by atoms with E-state index >= 15 is 0 Å². The molecule has 4 rings (SSSR count). The molecule has 0 aliphatic rings. The van der Waals surface area contributed by atoms with E-state index in [0.717, 1.165) is 16.8 Å². The van der Waals surface area contributed by atoms with Gasteiger partial charge in [-0.05, 0) is 17.1 Å². The van der Waals surface area contributed by atoms with Crippen molar-refractivity contribution in [2.45, 2.75) is 6.54 Å². The highest BCUT2D eigenvalue weighted by Crippen LogP contribution is 2.26. The van der Waals surface area contributed by atoms with E-state index < -0.39 is 16.6 Å². The third-order valence-electron chi connectivity index (χ3n) is 4.38. The molecule has 1 amide bonds. The average molecular weight is 423 g/mol. The molecule has 0 saturated heterocycles. The molecular formula is C20H15ClN6O3. The van der Waals surface area contributed by atoms with Crippen molar-refractivity contribution in [2.75, 3.05) is 0 Å². The minimum absolute atomic E-state index is 0.132. The summed E-state index contributed by atoms with van der Waals surface area (Å²) in [5, 5.41) is 23.7. The molecule has 2 aromatic heterocycles. The number of halogens is 1. The number of H-pyrrole nitrogens is 1. The van der Waals surface area contributed by atoms with Crippen molar-refractivity contribution in [3.63, 3.8) is 0 Å². The zero-order valence-electron chi connectivity index (χ0n) is 15.4. The Morgan fingerprint density at radius 2 is 1.80 bits per heavy atom. The fraction of sp³-hybridized carbons (Fsp3) is 0.0500. The standard InChI is InChI=1S/C20H15ClN6O3/c21-16-18(23-24-19(16)27(29)30)20(28)22-11-14-12-26(15-9-5-2-6-10-15)25-17(14)13-7-3-1-4-8-13/h1-10,12H,11H2,(H,22,28)(H,23,24). The maximum absolute atomic E-state index is 12.5. The van der Waals surface area contributed by atoms with Crippen molar-refractivity contribution in [3.8, 4) is 16.9 Å². The molecule has 2 aromatic carbocycles. The van der Waals surface area contributed by atoms with E-state index in [2.05, 4.69) is 20.6 Å². The Bertz CT molecular complexity index is 1200. The highest BCUT2D eigenvalue weighted by atomic mass is 35.5. The topological polar surface area (TPSA) is 119 Å². The number of aromatic amines is 1. The summed E-state index contributed by atoms with van der Waals surface area (Å²) in [6.45, 7) is 0.132. The van der Waals surface area contributed by atoms with Crippen LogP contribution in [0.3, 0.4) is 0 Å². The van der Waals surface area contributed by atoms with E-state index in [4.69, 9.17) is 11.6 Å². The van der Waals surface area contributed by atoms with E-state index in [9.17, 15) is 14.9 Å². The molecular weight excluding hydrogens is 408 g/mol. The number of carbonyl (C=O) groups is 1. The molecule has 0 bridgehead atoms. The van der Waals surface area contributed by atoms with Crippen LogP contribution in [0.25, 0.3) is 16.9 Å². The molecule has 10 heteroatoms. The molecule has 2 heterocycles. The van der Waals surface area contributed by atoms with Gasteiger partial charge in [0.2, 0.25) is 0 Å². The Labute approximate surface area is 175 Å². The zero-order chi connectivity index (χ0) is 21.1. The van der Waals surface area contributed by atoms with Crippen molar-refractivity contribution in [3.05, 3.63) is 93.3 Å². The van der Waals surface area contributed by atoms with Gasteiger partial charge in [0, 0.05) is 23.9 Å². The lowest BCUT2D eigenvalue weighted by molar-refractivity contribution is -0.389. The smallest absolute Gasteiger partial charge is 0.358 e. The summed E-state index contributed by atoms with van der Waals surface area (Å²) in [5.74, 6) is -1.15. The van der Waals surface area contributed by atoms with E-state index in [1.165, 1.54) is 0 Å². The Balaban J connectivity index is 1.62. The Morgan fingerprint density at radius 1 is 1.13 bits per heavy atom. The molecule has 150 valence electrons. The molecule has 2 N–H and O–H groups in total. The lowest BCUT2D eigenvalue weighted by Gasteiger charge is -2.04. The SMILES string of the molecule is O=C(NCc1cn(-c2ccccc2)nc1-c1ccccc1)c1n[nH]c([N+](=O)[O-])c1Cl. The maximum Gasteiger partial charge on any atom is 0.362 e. The number of carbonyl (C=O) groups excluding carboxylic acids is 1. The average Bonchev–Trinajstić information content (AvgIpc) is 3.37. The molecule has 0 aliphatic carbocycles. The Morgan fingerprint density at radius 3 is 2.43 bits per heavy atom. The molecule has 0 aliphatic heterocycles. The normalized spacial score (nSPS) is 10.7. The number of hydrogen-bond donors (Lipinski definition) is 2. The van der Waals surface area contributed by atoms with E-state index in [0.29, 0.717) is 5.69 Å². The summed E-state index contributed by atoms with van der Waals surface area (Å²) in [6.07, 6.45) is 1.83. The van der Waals surface area contributed by atoms with Gasteiger partial charge in [-0.1, -0.05) is 65.2 Å². The molecule has 0 atom stereocenters. The summed E-state index contributed by atoms with van der Waals surface area (Å²) in [7, 11) is 0. The van der Waals surface area contributed by atoms with E-state index in [1.54, 1.807) is 4.68 Å². The molecule has 0 fully saturated rings. The number of benzene rings is 2. The minimum Gasteiger partial charge on any atom is -0.358 e. The van der Waals surface area contributed by atoms with Gasteiger partial charge in [0.15, 0.2) is 10.7 Å². The molecule has 9 nitrogen and oxygen atoms in total. The van der Waals surface area contributed by atoms with Crippen LogP contribution >= 0.6 is 11.6 Å². The van der Waals surface area contributed by atoms with Gasteiger partial charge in [-0.25, -0.2) is 4.68 Å². The van der Waals surface area contributed by atoms with Crippen LogP contribution in [0.15, 0.2) is 66.9 Å². The van der Waals surface area contributed by atoms with Gasteiger partial charge in [0.1, 0.15) is 0 Å². The molecule has 0 spiro atoms. The first kappa shape index (κ1) is 19.3. The number of aromatic nitrogens is 4. The lowest BCUT2D eigenvalue weighted by Crippen LogP contribution is -2.23. The van der Waals surface area contributed by atoms with Crippen LogP contribution in [0.1, 0.15) is 16.1 Å². The number of nitrogens with zero attached hydrogens (tertiary/aromatic N) is 4. The lowest BCUT2D eigenvalue weighted by atomic mass is 10.1. The van der Waals surface area contributed by atoms with Crippen LogP contribution in [0.5, 0.6) is 0 Å². The monoisotopic (exact) mass is 422 g/mol. The summed E-state index contributed by atoms with van der Waals surface area (Å²) in [4.78, 5) is 22.6. The van der Waals surface area contributed by atoms with Gasteiger partial charge in [0.05, 0.1) is 11.4 Å². The van der Waals surface area contributed by atoms with Gasteiger partial charge in [-0.2, -0.15) is 5.10 Å². The van der Waals surface area contributed by atoms with Gasteiger partial charge in [-0.15, -0.1) is 5.10 Å². The van der Waals surface area contributed by atoms with Gasteiger partial charge >= 0.3 is 5.82 Å². The van der Waals surface area contributed by atoms with Gasteiger partial charge in [-0.3, -0.25) is 4.79 Å². The number of rotatable bonds is 6. The third-order valence-corrected chi connectivity index (χ3v) is 4.74. The summed E-state index contributed by atoms with van der Waals surface area (Å²) in [5.41, 5.74) is 3.00. The minimum atomic E-state index is -0.733. The fourth-order valence-corrected chi connectivity index (χ4v) is 3.18. The number of nitrogens with one attached hydrogen (secondary N) is 2. The Kier molecular flexibility index (Phi) is 5.27. The second-order valence-electron chi connectivity index (χ2n) is 6.32.